The molecule has 0 N–H and O–H groups in total. The third-order valence-electron chi connectivity index (χ3n) is 2.87. The molecule has 0 saturated heterocycles. The number of hydrogen-bond acceptors (Lipinski definition) is 2. The number of aromatic nitrogens is 2. The second-order valence-corrected chi connectivity index (χ2v) is 4.84. The zero-order valence-electron chi connectivity index (χ0n) is 9.68. The molecule has 3 aromatic rings. The molecule has 0 aliphatic carbocycles. The molecule has 19 heavy (non-hydrogen) atoms. The Kier molecular flexibility index (Phi) is 3.01. The van der Waals surface area contributed by atoms with E-state index < -0.39 is 0 Å². The molecule has 5 heteroatoms. The minimum Gasteiger partial charge on any atom is -0.297 e. The fourth-order valence-corrected chi connectivity index (χ4v) is 2.28. The van der Waals surface area contributed by atoms with Crippen LogP contribution in [0.2, 0.25) is 10.0 Å². The van der Waals surface area contributed by atoms with Crippen LogP contribution >= 0.6 is 23.2 Å². The molecule has 0 aliphatic heterocycles. The van der Waals surface area contributed by atoms with Crippen LogP contribution in [0.5, 0.6) is 0 Å². The minimum absolute atomic E-state index is 0.438. The fraction of sp³-hybridized carbons (Fsp3) is 0. The monoisotopic (exact) mass is 290 g/mol. The third kappa shape index (κ3) is 2.01. The first-order chi connectivity index (χ1) is 9.20. The lowest BCUT2D eigenvalue weighted by atomic mass is 10.1. The van der Waals surface area contributed by atoms with Crippen molar-refractivity contribution >= 4 is 35.1 Å². The van der Waals surface area contributed by atoms with Gasteiger partial charge in [-0.05, 0) is 24.3 Å². The van der Waals surface area contributed by atoms with Gasteiger partial charge in [0.2, 0.25) is 0 Å². The number of aldehydes is 1. The average molecular weight is 291 g/mol. The number of carbonyl (C=O) groups is 1. The first kappa shape index (κ1) is 12.2. The predicted molar refractivity (Wildman–Crippen MR) is 76.0 cm³/mol. The number of halogens is 2. The van der Waals surface area contributed by atoms with E-state index in [2.05, 4.69) is 4.98 Å². The SMILES string of the molecule is O=Cc1c(-c2ccc(Cl)c(Cl)c2)nc2ccccn12. The van der Waals surface area contributed by atoms with E-state index in [-0.39, 0.29) is 0 Å². The number of carbonyl (C=O) groups excluding carboxylic acids is 1. The normalized spacial score (nSPS) is 10.8. The van der Waals surface area contributed by atoms with Gasteiger partial charge in [0, 0.05) is 11.8 Å². The number of benzene rings is 1. The molecule has 2 heterocycles. The number of imidazole rings is 1. The molecule has 0 atom stereocenters. The highest BCUT2D eigenvalue weighted by molar-refractivity contribution is 6.42. The summed E-state index contributed by atoms with van der Waals surface area (Å²) < 4.78 is 1.74. The van der Waals surface area contributed by atoms with Crippen molar-refractivity contribution in [2.75, 3.05) is 0 Å². The first-order valence-corrected chi connectivity index (χ1v) is 6.34. The molecule has 0 radical (unpaired) electrons. The Morgan fingerprint density at radius 1 is 1.11 bits per heavy atom. The fourth-order valence-electron chi connectivity index (χ4n) is 1.98. The Morgan fingerprint density at radius 2 is 1.95 bits per heavy atom. The van der Waals surface area contributed by atoms with Gasteiger partial charge in [0.05, 0.1) is 10.0 Å². The highest BCUT2D eigenvalue weighted by Gasteiger charge is 2.13. The molecule has 0 saturated carbocycles. The number of pyridine rings is 1. The van der Waals surface area contributed by atoms with Crippen LogP contribution in [-0.4, -0.2) is 15.7 Å². The maximum absolute atomic E-state index is 11.3. The Balaban J connectivity index is 2.29. The maximum Gasteiger partial charge on any atom is 0.169 e. The summed E-state index contributed by atoms with van der Waals surface area (Å²) >= 11 is 11.9. The molecule has 0 aliphatic rings. The molecular weight excluding hydrogens is 283 g/mol. The van der Waals surface area contributed by atoms with E-state index in [1.807, 2.05) is 18.2 Å². The Morgan fingerprint density at radius 3 is 2.68 bits per heavy atom. The molecular formula is C14H8Cl2N2O. The van der Waals surface area contributed by atoms with Gasteiger partial charge >= 0.3 is 0 Å². The predicted octanol–water partition coefficient (Wildman–Crippen LogP) is 4.12. The number of fused-ring (bicyclic) bond motifs is 1. The highest BCUT2D eigenvalue weighted by Crippen LogP contribution is 2.29. The van der Waals surface area contributed by atoms with Gasteiger partial charge in [0.25, 0.3) is 0 Å². The molecule has 3 rings (SSSR count). The highest BCUT2D eigenvalue weighted by atomic mass is 35.5. The van der Waals surface area contributed by atoms with Crippen molar-refractivity contribution in [3.05, 3.63) is 58.3 Å². The summed E-state index contributed by atoms with van der Waals surface area (Å²) in [4.78, 5) is 15.8. The second-order valence-electron chi connectivity index (χ2n) is 4.02. The summed E-state index contributed by atoms with van der Waals surface area (Å²) in [5, 5.41) is 0.912. The van der Waals surface area contributed by atoms with Crippen molar-refractivity contribution in [2.45, 2.75) is 0 Å². The Hall–Kier alpha value is -1.84. The van der Waals surface area contributed by atoms with Crippen LogP contribution in [0.4, 0.5) is 0 Å². The van der Waals surface area contributed by atoms with Gasteiger partial charge in [-0.1, -0.05) is 35.3 Å². The van der Waals surface area contributed by atoms with Crippen molar-refractivity contribution in [3.63, 3.8) is 0 Å². The lowest BCUT2D eigenvalue weighted by Gasteiger charge is -2.01. The van der Waals surface area contributed by atoms with Crippen LogP contribution in [0, 0.1) is 0 Å². The van der Waals surface area contributed by atoms with Crippen molar-refractivity contribution < 1.29 is 4.79 Å². The maximum atomic E-state index is 11.3. The van der Waals surface area contributed by atoms with Crippen LogP contribution in [0.1, 0.15) is 10.5 Å². The summed E-state index contributed by atoms with van der Waals surface area (Å²) in [6, 6.07) is 10.8. The van der Waals surface area contributed by atoms with Crippen molar-refractivity contribution in [1.82, 2.24) is 9.38 Å². The largest absolute Gasteiger partial charge is 0.297 e. The van der Waals surface area contributed by atoms with Gasteiger partial charge in [0.15, 0.2) is 6.29 Å². The second kappa shape index (κ2) is 4.68. The zero-order valence-corrected chi connectivity index (χ0v) is 11.2. The Bertz CT molecular complexity index is 780. The van der Waals surface area contributed by atoms with Crippen LogP contribution in [0.25, 0.3) is 16.9 Å². The van der Waals surface area contributed by atoms with Gasteiger partial charge in [-0.2, -0.15) is 0 Å². The van der Waals surface area contributed by atoms with E-state index in [4.69, 9.17) is 23.2 Å². The van der Waals surface area contributed by atoms with E-state index in [0.29, 0.717) is 27.1 Å². The molecule has 1 aromatic carbocycles. The summed E-state index contributed by atoms with van der Waals surface area (Å²) in [6.45, 7) is 0. The Labute approximate surface area is 119 Å². The molecule has 3 nitrogen and oxygen atoms in total. The van der Waals surface area contributed by atoms with E-state index in [0.717, 1.165) is 11.8 Å². The van der Waals surface area contributed by atoms with Gasteiger partial charge in [-0.25, -0.2) is 4.98 Å². The van der Waals surface area contributed by atoms with Crippen molar-refractivity contribution in [1.29, 1.82) is 0 Å². The standard InChI is InChI=1S/C14H8Cl2N2O/c15-10-5-4-9(7-11(10)16)14-12(8-19)18-6-2-1-3-13(18)17-14/h1-8H. The molecule has 0 amide bonds. The molecule has 0 fully saturated rings. The van der Waals surface area contributed by atoms with E-state index in [1.165, 1.54) is 0 Å². The molecule has 0 bridgehead atoms. The topological polar surface area (TPSA) is 34.4 Å². The molecule has 94 valence electrons. The lowest BCUT2D eigenvalue weighted by molar-refractivity contribution is 0.111. The lowest BCUT2D eigenvalue weighted by Crippen LogP contribution is -1.91. The quantitative estimate of drug-likeness (QED) is 0.665. The van der Waals surface area contributed by atoms with Crippen LogP contribution in [0.15, 0.2) is 42.6 Å². The first-order valence-electron chi connectivity index (χ1n) is 5.58. The van der Waals surface area contributed by atoms with Gasteiger partial charge in [0.1, 0.15) is 17.0 Å². The summed E-state index contributed by atoms with van der Waals surface area (Å²) in [5.41, 5.74) is 2.57. The van der Waals surface area contributed by atoms with Crippen LogP contribution < -0.4 is 0 Å². The number of hydrogen-bond donors (Lipinski definition) is 0. The minimum atomic E-state index is 0.438. The molecule has 0 unspecified atom stereocenters. The smallest absolute Gasteiger partial charge is 0.169 e. The third-order valence-corrected chi connectivity index (χ3v) is 3.61. The van der Waals surface area contributed by atoms with E-state index in [9.17, 15) is 4.79 Å². The zero-order chi connectivity index (χ0) is 13.4. The summed E-state index contributed by atoms with van der Waals surface area (Å²) in [7, 11) is 0. The number of rotatable bonds is 2. The molecule has 2 aromatic heterocycles. The molecule has 0 spiro atoms. The van der Waals surface area contributed by atoms with Gasteiger partial charge < -0.3 is 0 Å². The van der Waals surface area contributed by atoms with Crippen molar-refractivity contribution in [2.24, 2.45) is 0 Å². The number of nitrogens with zero attached hydrogens (tertiary/aromatic N) is 2. The van der Waals surface area contributed by atoms with E-state index >= 15 is 0 Å². The average Bonchev–Trinajstić information content (AvgIpc) is 2.80. The van der Waals surface area contributed by atoms with Crippen LogP contribution in [0.3, 0.4) is 0 Å². The summed E-state index contributed by atoms with van der Waals surface area (Å²) in [6.07, 6.45) is 2.59. The summed E-state index contributed by atoms with van der Waals surface area (Å²) in [5.74, 6) is 0. The van der Waals surface area contributed by atoms with Gasteiger partial charge in [-0.15, -0.1) is 0 Å². The van der Waals surface area contributed by atoms with E-state index in [1.54, 1.807) is 28.8 Å². The van der Waals surface area contributed by atoms with Crippen LogP contribution in [-0.2, 0) is 0 Å². The van der Waals surface area contributed by atoms with Gasteiger partial charge in [-0.3, -0.25) is 9.20 Å². The van der Waals surface area contributed by atoms with Crippen molar-refractivity contribution in [3.8, 4) is 11.3 Å².